The van der Waals surface area contributed by atoms with Crippen molar-refractivity contribution in [3.63, 3.8) is 0 Å². The van der Waals surface area contributed by atoms with Gasteiger partial charge in [-0.2, -0.15) is 5.10 Å². The van der Waals surface area contributed by atoms with E-state index in [1.807, 2.05) is 45.2 Å². The number of rotatable bonds is 4. The quantitative estimate of drug-likeness (QED) is 0.704. The number of anilines is 1. The number of carbonyl (C=O) groups is 1. The van der Waals surface area contributed by atoms with E-state index in [0.29, 0.717) is 18.9 Å². The Bertz CT molecular complexity index is 1060. The van der Waals surface area contributed by atoms with E-state index in [1.54, 1.807) is 15.8 Å². The molecule has 3 aromatic rings. The number of nitrogens with one attached hydrogen (secondary N) is 1. The fourth-order valence-electron chi connectivity index (χ4n) is 3.30. The van der Waals surface area contributed by atoms with Crippen molar-refractivity contribution in [2.75, 3.05) is 18.4 Å². The van der Waals surface area contributed by atoms with Crippen molar-refractivity contribution >= 4 is 17.3 Å². The van der Waals surface area contributed by atoms with Gasteiger partial charge in [0.05, 0.1) is 35.4 Å². The van der Waals surface area contributed by atoms with Crippen LogP contribution in [-0.2, 0) is 9.63 Å². The average molecular weight is 412 g/mol. The molecule has 0 saturated carbocycles. The second-order valence-electron chi connectivity index (χ2n) is 8.48. The summed E-state index contributed by atoms with van der Waals surface area (Å²) in [6, 6.07) is 5.58. The van der Waals surface area contributed by atoms with Gasteiger partial charge in [0.2, 0.25) is 0 Å². The van der Waals surface area contributed by atoms with Crippen molar-refractivity contribution in [3.8, 4) is 11.4 Å². The van der Waals surface area contributed by atoms with Crippen LogP contribution in [0.2, 0.25) is 0 Å². The number of nitrogens with zero attached hydrogens (tertiary/aromatic N) is 5. The zero-order valence-corrected chi connectivity index (χ0v) is 17.3. The van der Waals surface area contributed by atoms with E-state index in [0.717, 1.165) is 30.1 Å². The molecule has 4 rings (SSSR count). The van der Waals surface area contributed by atoms with Gasteiger partial charge in [-0.15, -0.1) is 5.06 Å². The third kappa shape index (κ3) is 4.25. The number of aromatic nitrogens is 4. The van der Waals surface area contributed by atoms with Crippen LogP contribution >= 0.6 is 0 Å². The first-order valence-corrected chi connectivity index (χ1v) is 10.0. The normalized spacial score (nSPS) is 17.8. The molecule has 4 heterocycles. The Morgan fingerprint density at radius 2 is 2.13 bits per heavy atom. The lowest BCUT2D eigenvalue weighted by Crippen LogP contribution is -2.44. The standard InChI is InChI=1S/C21H25FN6O2/c1-21(2,3)20(29)30-27-9-6-7-14(13-27)25-19-16(22)12-23-18(26-19)15-11-24-28-10-5-4-8-17(15)28/h4-5,8,10-12,14H,6-7,9,13H2,1-3H3,(H,23,25,26)/t14-/m1/s1. The zero-order valence-electron chi connectivity index (χ0n) is 17.3. The summed E-state index contributed by atoms with van der Waals surface area (Å²) in [7, 11) is 0. The summed E-state index contributed by atoms with van der Waals surface area (Å²) >= 11 is 0. The van der Waals surface area contributed by atoms with Crippen molar-refractivity contribution in [3.05, 3.63) is 42.6 Å². The SMILES string of the molecule is CC(C)(C)C(=O)ON1CCC[C@@H](Nc2nc(-c3cnn4ccccc34)ncc2F)C1. The fraction of sp³-hybridized carbons (Fsp3) is 0.429. The first-order valence-electron chi connectivity index (χ1n) is 10.0. The smallest absolute Gasteiger partial charge is 0.330 e. The molecule has 3 aromatic heterocycles. The van der Waals surface area contributed by atoms with Crippen LogP contribution in [0.3, 0.4) is 0 Å². The van der Waals surface area contributed by atoms with Crippen molar-refractivity contribution in [2.45, 2.75) is 39.7 Å². The second kappa shape index (κ2) is 7.98. The Kier molecular flexibility index (Phi) is 5.38. The van der Waals surface area contributed by atoms with Crippen molar-refractivity contribution in [1.29, 1.82) is 0 Å². The number of hydroxylamine groups is 2. The van der Waals surface area contributed by atoms with Gasteiger partial charge in [-0.05, 0) is 45.7 Å². The van der Waals surface area contributed by atoms with E-state index in [2.05, 4.69) is 20.4 Å². The molecule has 0 unspecified atom stereocenters. The van der Waals surface area contributed by atoms with E-state index in [4.69, 9.17) is 4.84 Å². The van der Waals surface area contributed by atoms with Crippen LogP contribution in [0, 0.1) is 11.2 Å². The molecule has 0 amide bonds. The lowest BCUT2D eigenvalue weighted by Gasteiger charge is -2.33. The molecule has 1 fully saturated rings. The van der Waals surface area contributed by atoms with E-state index < -0.39 is 11.2 Å². The Morgan fingerprint density at radius 3 is 2.93 bits per heavy atom. The largest absolute Gasteiger partial charge is 0.367 e. The topological polar surface area (TPSA) is 84.6 Å². The van der Waals surface area contributed by atoms with Gasteiger partial charge in [-0.25, -0.2) is 23.7 Å². The molecule has 1 N–H and O–H groups in total. The number of hydrogen-bond donors (Lipinski definition) is 1. The lowest BCUT2D eigenvalue weighted by atomic mass is 9.98. The van der Waals surface area contributed by atoms with E-state index in [1.165, 1.54) is 0 Å². The Hall–Kier alpha value is -3.07. The first kappa shape index (κ1) is 20.2. The van der Waals surface area contributed by atoms with E-state index in [-0.39, 0.29) is 17.8 Å². The summed E-state index contributed by atoms with van der Waals surface area (Å²) in [6.45, 7) is 6.55. The number of halogens is 1. The fourth-order valence-corrected chi connectivity index (χ4v) is 3.30. The van der Waals surface area contributed by atoms with Crippen LogP contribution in [0.4, 0.5) is 10.2 Å². The molecule has 0 bridgehead atoms. The maximum atomic E-state index is 14.4. The molecule has 1 saturated heterocycles. The number of pyridine rings is 1. The van der Waals surface area contributed by atoms with Crippen LogP contribution in [0.15, 0.2) is 36.8 Å². The third-order valence-electron chi connectivity index (χ3n) is 4.96. The summed E-state index contributed by atoms with van der Waals surface area (Å²) in [5.41, 5.74) is 0.985. The Morgan fingerprint density at radius 1 is 1.30 bits per heavy atom. The van der Waals surface area contributed by atoms with Crippen LogP contribution in [0.1, 0.15) is 33.6 Å². The summed E-state index contributed by atoms with van der Waals surface area (Å²) in [6.07, 6.45) is 6.30. The highest BCUT2D eigenvalue weighted by molar-refractivity contribution is 5.76. The Balaban J connectivity index is 1.51. The van der Waals surface area contributed by atoms with Crippen molar-refractivity contribution < 1.29 is 14.0 Å². The van der Waals surface area contributed by atoms with Crippen LogP contribution in [0.5, 0.6) is 0 Å². The highest BCUT2D eigenvalue weighted by Gasteiger charge is 2.29. The molecule has 158 valence electrons. The summed E-state index contributed by atoms with van der Waals surface area (Å²) in [5, 5.41) is 9.08. The summed E-state index contributed by atoms with van der Waals surface area (Å²) < 4.78 is 16.2. The number of carbonyl (C=O) groups excluding carboxylic acids is 1. The van der Waals surface area contributed by atoms with Gasteiger partial charge in [0, 0.05) is 18.8 Å². The predicted octanol–water partition coefficient (Wildman–Crippen LogP) is 3.31. The first-order chi connectivity index (χ1) is 14.3. The van der Waals surface area contributed by atoms with Crippen LogP contribution in [0.25, 0.3) is 16.9 Å². The molecular formula is C21H25FN6O2. The van der Waals surface area contributed by atoms with Crippen molar-refractivity contribution in [1.82, 2.24) is 24.6 Å². The van der Waals surface area contributed by atoms with E-state index >= 15 is 0 Å². The van der Waals surface area contributed by atoms with E-state index in [9.17, 15) is 9.18 Å². The number of fused-ring (bicyclic) bond motifs is 1. The highest BCUT2D eigenvalue weighted by atomic mass is 19.1. The molecule has 30 heavy (non-hydrogen) atoms. The highest BCUT2D eigenvalue weighted by Crippen LogP contribution is 2.25. The molecule has 1 aliphatic rings. The molecule has 0 radical (unpaired) electrons. The van der Waals surface area contributed by atoms with Crippen LogP contribution in [-0.4, -0.2) is 49.7 Å². The molecule has 8 nitrogen and oxygen atoms in total. The molecule has 1 aliphatic heterocycles. The summed E-state index contributed by atoms with van der Waals surface area (Å²) in [4.78, 5) is 26.2. The molecule has 1 atom stereocenters. The Labute approximate surface area is 174 Å². The maximum Gasteiger partial charge on any atom is 0.330 e. The lowest BCUT2D eigenvalue weighted by molar-refractivity contribution is -0.204. The maximum absolute atomic E-state index is 14.4. The zero-order chi connectivity index (χ0) is 21.3. The third-order valence-corrected chi connectivity index (χ3v) is 4.96. The monoisotopic (exact) mass is 412 g/mol. The van der Waals surface area contributed by atoms with Gasteiger partial charge in [0.15, 0.2) is 17.5 Å². The van der Waals surface area contributed by atoms with Gasteiger partial charge in [0.1, 0.15) is 0 Å². The van der Waals surface area contributed by atoms with Crippen molar-refractivity contribution in [2.24, 2.45) is 5.41 Å². The van der Waals surface area contributed by atoms with Gasteiger partial charge >= 0.3 is 5.97 Å². The molecule has 0 aliphatic carbocycles. The second-order valence-corrected chi connectivity index (χ2v) is 8.48. The van der Waals surface area contributed by atoms with Gasteiger partial charge in [0.25, 0.3) is 0 Å². The minimum Gasteiger partial charge on any atom is -0.367 e. The summed E-state index contributed by atoms with van der Waals surface area (Å²) in [5.74, 6) is -0.290. The van der Waals surface area contributed by atoms with Gasteiger partial charge in [-0.3, -0.25) is 0 Å². The minimum atomic E-state index is -0.581. The molecule has 0 spiro atoms. The molecule has 0 aromatic carbocycles. The number of hydrogen-bond acceptors (Lipinski definition) is 7. The molecular weight excluding hydrogens is 387 g/mol. The average Bonchev–Trinajstić information content (AvgIpc) is 3.13. The predicted molar refractivity (Wildman–Crippen MR) is 110 cm³/mol. The minimum absolute atomic E-state index is 0.104. The number of piperidine rings is 1. The van der Waals surface area contributed by atoms with Crippen LogP contribution < -0.4 is 5.32 Å². The molecule has 9 heteroatoms. The van der Waals surface area contributed by atoms with Gasteiger partial charge in [-0.1, -0.05) is 6.07 Å². The van der Waals surface area contributed by atoms with Gasteiger partial charge < -0.3 is 10.2 Å².